The summed E-state index contributed by atoms with van der Waals surface area (Å²) in [5.41, 5.74) is 1.62. The molecule has 0 bridgehead atoms. The van der Waals surface area contributed by atoms with Crippen LogP contribution in [0.4, 0.5) is 4.39 Å². The molecule has 21 heavy (non-hydrogen) atoms. The maximum atomic E-state index is 14.1. The molecule has 2 rings (SSSR count). The summed E-state index contributed by atoms with van der Waals surface area (Å²) >= 11 is 0. The van der Waals surface area contributed by atoms with Gasteiger partial charge in [0.15, 0.2) is 0 Å². The molecule has 0 radical (unpaired) electrons. The summed E-state index contributed by atoms with van der Waals surface area (Å²) < 4.78 is 15.7. The van der Waals surface area contributed by atoms with Crippen molar-refractivity contribution in [3.8, 4) is 0 Å². The monoisotopic (exact) mass is 290 g/mol. The van der Waals surface area contributed by atoms with Crippen molar-refractivity contribution in [3.05, 3.63) is 47.5 Å². The fraction of sp³-hybridized carbons (Fsp3) is 0.500. The summed E-state index contributed by atoms with van der Waals surface area (Å²) in [5.74, 6) is 0.474. The highest BCUT2D eigenvalue weighted by Crippen LogP contribution is 2.22. The van der Waals surface area contributed by atoms with Gasteiger partial charge in [0.05, 0.1) is 5.69 Å². The van der Waals surface area contributed by atoms with E-state index >= 15 is 0 Å². The van der Waals surface area contributed by atoms with Gasteiger partial charge in [-0.2, -0.15) is 0 Å². The first-order chi connectivity index (χ1) is 10.1. The Morgan fingerprint density at radius 1 is 1.24 bits per heavy atom. The zero-order valence-electron chi connectivity index (χ0n) is 12.9. The summed E-state index contributed by atoms with van der Waals surface area (Å²) in [6.07, 6.45) is 2.57. The van der Waals surface area contributed by atoms with E-state index in [4.69, 9.17) is 0 Å². The number of hydrogen-bond donors (Lipinski definition) is 1. The standard InChI is InChI=1S/C16H23FN4/c1-12(2)9-18-10-13(8-14-11-21(3)20-19-14)15-6-4-5-7-16(15)17/h4-7,11-13,18H,8-10H2,1-3H3. The molecule has 0 spiro atoms. The lowest BCUT2D eigenvalue weighted by Gasteiger charge is -2.18. The van der Waals surface area contributed by atoms with Gasteiger partial charge >= 0.3 is 0 Å². The predicted octanol–water partition coefficient (Wildman–Crippen LogP) is 2.53. The summed E-state index contributed by atoms with van der Waals surface area (Å²) in [6.45, 7) is 5.97. The second-order valence-corrected chi connectivity index (χ2v) is 5.86. The van der Waals surface area contributed by atoms with Crippen LogP contribution < -0.4 is 5.32 Å². The second kappa shape index (κ2) is 7.31. The van der Waals surface area contributed by atoms with E-state index in [1.54, 1.807) is 10.7 Å². The molecule has 2 aromatic rings. The van der Waals surface area contributed by atoms with Gasteiger partial charge in [-0.25, -0.2) is 4.39 Å². The lowest BCUT2D eigenvalue weighted by atomic mass is 9.93. The maximum Gasteiger partial charge on any atom is 0.126 e. The molecular formula is C16H23FN4. The SMILES string of the molecule is CC(C)CNCC(Cc1cn(C)nn1)c1ccccc1F. The van der Waals surface area contributed by atoms with Gasteiger partial charge < -0.3 is 5.32 Å². The topological polar surface area (TPSA) is 42.7 Å². The molecule has 0 aliphatic heterocycles. The molecule has 0 aliphatic rings. The number of benzene rings is 1. The predicted molar refractivity (Wildman–Crippen MR) is 81.6 cm³/mol. The average molecular weight is 290 g/mol. The summed E-state index contributed by atoms with van der Waals surface area (Å²) in [7, 11) is 1.84. The molecule has 1 unspecified atom stereocenters. The molecule has 4 nitrogen and oxygen atoms in total. The van der Waals surface area contributed by atoms with Crippen molar-refractivity contribution in [2.75, 3.05) is 13.1 Å². The molecule has 1 heterocycles. The number of rotatable bonds is 7. The smallest absolute Gasteiger partial charge is 0.126 e. The van der Waals surface area contributed by atoms with Gasteiger partial charge in [0, 0.05) is 32.1 Å². The van der Waals surface area contributed by atoms with Crippen LogP contribution in [0, 0.1) is 11.7 Å². The van der Waals surface area contributed by atoms with E-state index in [-0.39, 0.29) is 11.7 Å². The minimum atomic E-state index is -0.155. The molecule has 1 atom stereocenters. The van der Waals surface area contributed by atoms with Crippen LogP contribution in [0.1, 0.15) is 31.0 Å². The molecule has 0 saturated heterocycles. The maximum absolute atomic E-state index is 14.1. The molecule has 0 fully saturated rings. The Bertz CT molecular complexity index is 565. The Morgan fingerprint density at radius 2 is 2.00 bits per heavy atom. The third-order valence-corrected chi connectivity index (χ3v) is 3.39. The number of aromatic nitrogens is 3. The Balaban J connectivity index is 2.12. The van der Waals surface area contributed by atoms with Crippen LogP contribution in [0.5, 0.6) is 0 Å². The van der Waals surface area contributed by atoms with Crippen molar-refractivity contribution in [1.82, 2.24) is 20.3 Å². The third-order valence-electron chi connectivity index (χ3n) is 3.39. The van der Waals surface area contributed by atoms with E-state index in [1.165, 1.54) is 6.07 Å². The van der Waals surface area contributed by atoms with Crippen molar-refractivity contribution < 1.29 is 4.39 Å². The number of hydrogen-bond acceptors (Lipinski definition) is 3. The van der Waals surface area contributed by atoms with E-state index in [1.807, 2.05) is 25.4 Å². The van der Waals surface area contributed by atoms with Crippen molar-refractivity contribution in [3.63, 3.8) is 0 Å². The molecule has 1 aromatic carbocycles. The number of halogens is 1. The highest BCUT2D eigenvalue weighted by Gasteiger charge is 2.17. The van der Waals surface area contributed by atoms with Gasteiger partial charge in [-0.3, -0.25) is 4.68 Å². The van der Waals surface area contributed by atoms with Crippen molar-refractivity contribution >= 4 is 0 Å². The number of nitrogens with zero attached hydrogens (tertiary/aromatic N) is 3. The Hall–Kier alpha value is -1.75. The van der Waals surface area contributed by atoms with E-state index in [0.29, 0.717) is 12.3 Å². The Morgan fingerprint density at radius 3 is 2.62 bits per heavy atom. The van der Waals surface area contributed by atoms with Gasteiger partial charge in [0.2, 0.25) is 0 Å². The molecule has 0 saturated carbocycles. The molecular weight excluding hydrogens is 267 g/mol. The van der Waals surface area contributed by atoms with Gasteiger partial charge in [0.25, 0.3) is 0 Å². The van der Waals surface area contributed by atoms with Crippen LogP contribution in [0.25, 0.3) is 0 Å². The quantitative estimate of drug-likeness (QED) is 0.852. The minimum Gasteiger partial charge on any atom is -0.316 e. The van der Waals surface area contributed by atoms with E-state index in [0.717, 1.165) is 24.3 Å². The normalized spacial score (nSPS) is 12.8. The van der Waals surface area contributed by atoms with Crippen molar-refractivity contribution in [2.24, 2.45) is 13.0 Å². The average Bonchev–Trinajstić information content (AvgIpc) is 2.83. The first-order valence-electron chi connectivity index (χ1n) is 7.36. The first-order valence-corrected chi connectivity index (χ1v) is 7.36. The summed E-state index contributed by atoms with van der Waals surface area (Å²) in [5, 5.41) is 11.5. The van der Waals surface area contributed by atoms with Crippen LogP contribution >= 0.6 is 0 Å². The minimum absolute atomic E-state index is 0.0571. The molecule has 0 amide bonds. The van der Waals surface area contributed by atoms with Crippen LogP contribution in [-0.2, 0) is 13.5 Å². The van der Waals surface area contributed by atoms with Gasteiger partial charge in [-0.15, -0.1) is 5.10 Å². The van der Waals surface area contributed by atoms with E-state index in [9.17, 15) is 4.39 Å². The van der Waals surface area contributed by atoms with Crippen molar-refractivity contribution in [2.45, 2.75) is 26.2 Å². The van der Waals surface area contributed by atoms with Gasteiger partial charge in [0.1, 0.15) is 5.82 Å². The fourth-order valence-electron chi connectivity index (χ4n) is 2.39. The molecule has 1 aromatic heterocycles. The lowest BCUT2D eigenvalue weighted by molar-refractivity contribution is 0.497. The Kier molecular flexibility index (Phi) is 5.44. The van der Waals surface area contributed by atoms with Crippen LogP contribution in [0.15, 0.2) is 30.5 Å². The van der Waals surface area contributed by atoms with Gasteiger partial charge in [-0.05, 0) is 24.1 Å². The van der Waals surface area contributed by atoms with Crippen LogP contribution in [0.3, 0.4) is 0 Å². The zero-order chi connectivity index (χ0) is 15.2. The first kappa shape index (κ1) is 15.6. The molecule has 5 heteroatoms. The van der Waals surface area contributed by atoms with E-state index in [2.05, 4.69) is 29.5 Å². The Labute approximate surface area is 125 Å². The fourth-order valence-corrected chi connectivity index (χ4v) is 2.39. The second-order valence-electron chi connectivity index (χ2n) is 5.86. The lowest BCUT2D eigenvalue weighted by Crippen LogP contribution is -2.27. The number of aryl methyl sites for hydroxylation is 1. The summed E-state index contributed by atoms with van der Waals surface area (Å²) in [6, 6.07) is 6.97. The van der Waals surface area contributed by atoms with Crippen LogP contribution in [-0.4, -0.2) is 28.1 Å². The highest BCUT2D eigenvalue weighted by atomic mass is 19.1. The number of nitrogens with one attached hydrogen (secondary N) is 1. The molecule has 1 N–H and O–H groups in total. The highest BCUT2D eigenvalue weighted by molar-refractivity contribution is 5.23. The zero-order valence-corrected chi connectivity index (χ0v) is 12.9. The van der Waals surface area contributed by atoms with Gasteiger partial charge in [-0.1, -0.05) is 37.3 Å². The summed E-state index contributed by atoms with van der Waals surface area (Å²) in [4.78, 5) is 0. The van der Waals surface area contributed by atoms with E-state index < -0.39 is 0 Å². The van der Waals surface area contributed by atoms with Crippen molar-refractivity contribution in [1.29, 1.82) is 0 Å². The van der Waals surface area contributed by atoms with Crippen LogP contribution in [0.2, 0.25) is 0 Å². The largest absolute Gasteiger partial charge is 0.316 e. The third kappa shape index (κ3) is 4.63. The molecule has 114 valence electrons. The molecule has 0 aliphatic carbocycles.